The number of hydrogen-bond donors (Lipinski definition) is 0. The first-order valence-electron chi connectivity index (χ1n) is 13.8. The van der Waals surface area contributed by atoms with E-state index in [0.29, 0.717) is 55.4 Å². The van der Waals surface area contributed by atoms with Gasteiger partial charge in [0, 0.05) is 0 Å². The normalized spacial score (nSPS) is 14.9. The molecule has 10 heteroatoms. The van der Waals surface area contributed by atoms with Gasteiger partial charge in [0.05, 0.1) is 44.6 Å². The van der Waals surface area contributed by atoms with E-state index in [4.69, 9.17) is 37.4 Å². The van der Waals surface area contributed by atoms with Crippen molar-refractivity contribution in [3.8, 4) is 11.5 Å². The number of thiazole rings is 1. The Kier molecular flexibility index (Phi) is 9.40. The van der Waals surface area contributed by atoms with Gasteiger partial charge in [0.25, 0.3) is 5.56 Å². The van der Waals surface area contributed by atoms with Gasteiger partial charge in [-0.1, -0.05) is 64.9 Å². The van der Waals surface area contributed by atoms with Gasteiger partial charge in [-0.2, -0.15) is 0 Å². The molecule has 0 unspecified atom stereocenters. The molecule has 4 aromatic rings. The molecule has 1 aromatic heterocycles. The van der Waals surface area contributed by atoms with Crippen molar-refractivity contribution in [1.29, 1.82) is 0 Å². The number of allylic oxidation sites excluding steroid dienone is 1. The molecule has 5 rings (SSSR count). The summed E-state index contributed by atoms with van der Waals surface area (Å²) in [7, 11) is 0. The first-order chi connectivity index (χ1) is 20.6. The minimum absolute atomic E-state index is 0.257. The van der Waals surface area contributed by atoms with Crippen LogP contribution in [0.1, 0.15) is 50.4 Å². The number of halogens is 2. The second kappa shape index (κ2) is 13.2. The molecule has 1 aliphatic rings. The van der Waals surface area contributed by atoms with Crippen molar-refractivity contribution in [2.75, 3.05) is 6.61 Å². The number of hydrogen-bond acceptors (Lipinski definition) is 7. The summed E-state index contributed by atoms with van der Waals surface area (Å²) in [5.74, 6) is 0.831. The third kappa shape index (κ3) is 6.88. The Bertz CT molecular complexity index is 1880. The molecule has 0 amide bonds. The minimum atomic E-state index is -0.707. The van der Waals surface area contributed by atoms with Gasteiger partial charge in [-0.05, 0) is 86.9 Å². The van der Waals surface area contributed by atoms with Gasteiger partial charge >= 0.3 is 5.97 Å². The van der Waals surface area contributed by atoms with Crippen LogP contribution in [0.25, 0.3) is 6.08 Å². The molecule has 2 heterocycles. The third-order valence-corrected chi connectivity index (χ3v) is 8.36. The number of ether oxygens (including phenoxy) is 3. The lowest BCUT2D eigenvalue weighted by atomic mass is 9.96. The minimum Gasteiger partial charge on any atom is -0.494 e. The van der Waals surface area contributed by atoms with Gasteiger partial charge in [-0.25, -0.2) is 9.79 Å². The van der Waals surface area contributed by atoms with Gasteiger partial charge < -0.3 is 14.2 Å². The molecule has 0 N–H and O–H groups in total. The maximum Gasteiger partial charge on any atom is 0.338 e. The SMILES string of the molecule is CCOc1ccc([C@H]2C(C(=O)OC(C)C)=C(C)N=c3s/c(=C/c4cccc(OCc5ccc(Cl)c(Cl)c5)c4)c(=O)n32)cc1. The zero-order valence-corrected chi connectivity index (χ0v) is 26.4. The van der Waals surface area contributed by atoms with E-state index >= 15 is 0 Å². The molecule has 0 fully saturated rings. The zero-order chi connectivity index (χ0) is 30.7. The molecule has 0 saturated carbocycles. The largest absolute Gasteiger partial charge is 0.494 e. The standard InChI is InChI=1S/C33H30Cl2N2O5S/c1-5-40-24-12-10-23(11-13-24)30-29(32(39)42-19(2)3)20(4)36-33-37(30)31(38)28(43-33)17-21-7-6-8-25(15-21)41-18-22-9-14-26(34)27(35)16-22/h6-17,19,30H,5,18H2,1-4H3/b28-17+/t30-/m0/s1. The van der Waals surface area contributed by atoms with Crippen molar-refractivity contribution in [3.63, 3.8) is 0 Å². The predicted molar refractivity (Wildman–Crippen MR) is 170 cm³/mol. The van der Waals surface area contributed by atoms with E-state index in [0.717, 1.165) is 16.7 Å². The van der Waals surface area contributed by atoms with E-state index in [1.54, 1.807) is 43.5 Å². The fourth-order valence-corrected chi connectivity index (χ4v) is 6.10. The zero-order valence-electron chi connectivity index (χ0n) is 24.1. The van der Waals surface area contributed by atoms with Crippen LogP contribution in [0.3, 0.4) is 0 Å². The molecule has 7 nitrogen and oxygen atoms in total. The molecule has 0 radical (unpaired) electrons. The average Bonchev–Trinajstić information content (AvgIpc) is 3.27. The molecule has 0 bridgehead atoms. The molecule has 222 valence electrons. The summed E-state index contributed by atoms with van der Waals surface area (Å²) >= 11 is 13.4. The lowest BCUT2D eigenvalue weighted by molar-refractivity contribution is -0.143. The van der Waals surface area contributed by atoms with Crippen LogP contribution >= 0.6 is 34.5 Å². The van der Waals surface area contributed by atoms with Gasteiger partial charge in [0.15, 0.2) is 4.80 Å². The Morgan fingerprint density at radius 3 is 2.49 bits per heavy atom. The van der Waals surface area contributed by atoms with Crippen LogP contribution in [-0.2, 0) is 16.1 Å². The van der Waals surface area contributed by atoms with E-state index in [-0.39, 0.29) is 11.7 Å². The topological polar surface area (TPSA) is 79.1 Å². The Hall–Kier alpha value is -3.85. The number of carbonyl (C=O) groups excluding carboxylic acids is 1. The smallest absolute Gasteiger partial charge is 0.338 e. The predicted octanol–water partition coefficient (Wildman–Crippen LogP) is 6.47. The van der Waals surface area contributed by atoms with Gasteiger partial charge in [-0.15, -0.1) is 0 Å². The van der Waals surface area contributed by atoms with Crippen molar-refractivity contribution in [2.45, 2.75) is 46.4 Å². The highest BCUT2D eigenvalue weighted by Gasteiger charge is 2.33. The third-order valence-electron chi connectivity index (χ3n) is 6.64. The first kappa shape index (κ1) is 30.6. The fourth-order valence-electron chi connectivity index (χ4n) is 4.73. The highest BCUT2D eigenvalue weighted by molar-refractivity contribution is 7.07. The summed E-state index contributed by atoms with van der Waals surface area (Å²) in [5, 5.41) is 0.948. The maximum absolute atomic E-state index is 14.0. The summed E-state index contributed by atoms with van der Waals surface area (Å²) < 4.78 is 19.2. The Morgan fingerprint density at radius 1 is 1.02 bits per heavy atom. The molecule has 0 spiro atoms. The lowest BCUT2D eigenvalue weighted by Crippen LogP contribution is -2.40. The van der Waals surface area contributed by atoms with Crippen LogP contribution in [0.15, 0.2) is 87.8 Å². The average molecular weight is 638 g/mol. The molecule has 43 heavy (non-hydrogen) atoms. The summed E-state index contributed by atoms with van der Waals surface area (Å²) in [6, 6.07) is 19.5. The summed E-state index contributed by atoms with van der Waals surface area (Å²) in [5.41, 5.74) is 2.99. The van der Waals surface area contributed by atoms with Crippen LogP contribution in [0.2, 0.25) is 10.0 Å². The maximum atomic E-state index is 14.0. The van der Waals surface area contributed by atoms with Crippen molar-refractivity contribution >= 4 is 46.6 Å². The van der Waals surface area contributed by atoms with Crippen LogP contribution < -0.4 is 24.4 Å². The van der Waals surface area contributed by atoms with E-state index < -0.39 is 12.0 Å². The van der Waals surface area contributed by atoms with E-state index in [9.17, 15) is 9.59 Å². The summed E-state index contributed by atoms with van der Waals surface area (Å²) in [6.07, 6.45) is 1.47. The number of nitrogens with zero attached hydrogens (tertiary/aromatic N) is 2. The van der Waals surface area contributed by atoms with Gasteiger partial charge in [-0.3, -0.25) is 9.36 Å². The molecule has 1 aliphatic heterocycles. The Morgan fingerprint density at radius 2 is 1.79 bits per heavy atom. The number of esters is 1. The Labute approximate surface area is 263 Å². The summed E-state index contributed by atoms with van der Waals surface area (Å²) in [6.45, 7) is 8.09. The lowest BCUT2D eigenvalue weighted by Gasteiger charge is -2.25. The quantitative estimate of drug-likeness (QED) is 0.197. The van der Waals surface area contributed by atoms with Crippen LogP contribution in [0.4, 0.5) is 0 Å². The Balaban J connectivity index is 1.52. The number of carbonyl (C=O) groups is 1. The number of fused-ring (bicyclic) bond motifs is 1. The number of rotatable bonds is 9. The van der Waals surface area contributed by atoms with Crippen LogP contribution in [-0.4, -0.2) is 23.2 Å². The van der Waals surface area contributed by atoms with Crippen molar-refractivity contribution in [3.05, 3.63) is 124 Å². The molecule has 1 atom stereocenters. The van der Waals surface area contributed by atoms with Crippen molar-refractivity contribution in [2.24, 2.45) is 4.99 Å². The molecule has 0 aliphatic carbocycles. The number of aromatic nitrogens is 1. The molecule has 3 aromatic carbocycles. The van der Waals surface area contributed by atoms with Crippen LogP contribution in [0, 0.1) is 0 Å². The van der Waals surface area contributed by atoms with Crippen LogP contribution in [0.5, 0.6) is 11.5 Å². The fraction of sp³-hybridized carbons (Fsp3) is 0.242. The highest BCUT2D eigenvalue weighted by Crippen LogP contribution is 2.32. The number of benzene rings is 3. The van der Waals surface area contributed by atoms with E-state index in [1.165, 1.54) is 11.3 Å². The highest BCUT2D eigenvalue weighted by atomic mass is 35.5. The summed E-state index contributed by atoms with van der Waals surface area (Å²) in [4.78, 5) is 32.4. The van der Waals surface area contributed by atoms with Gasteiger partial charge in [0.1, 0.15) is 18.1 Å². The molecule has 0 saturated heterocycles. The van der Waals surface area contributed by atoms with Crippen molar-refractivity contribution in [1.82, 2.24) is 4.57 Å². The molecular formula is C33H30Cl2N2O5S. The van der Waals surface area contributed by atoms with E-state index in [2.05, 4.69) is 4.99 Å². The first-order valence-corrected chi connectivity index (χ1v) is 15.3. The second-order valence-electron chi connectivity index (χ2n) is 10.1. The molecular weight excluding hydrogens is 607 g/mol. The van der Waals surface area contributed by atoms with Crippen molar-refractivity contribution < 1.29 is 19.0 Å². The second-order valence-corrected chi connectivity index (χ2v) is 12.0. The monoisotopic (exact) mass is 636 g/mol. The van der Waals surface area contributed by atoms with E-state index in [1.807, 2.05) is 61.5 Å². The van der Waals surface area contributed by atoms with Gasteiger partial charge in [0.2, 0.25) is 0 Å².